The molecule has 0 aliphatic carbocycles. The third-order valence-electron chi connectivity index (χ3n) is 3.52. The normalized spacial score (nSPS) is 19.7. The number of hydrogen-bond acceptors (Lipinski definition) is 3. The second kappa shape index (κ2) is 7.26. The molecule has 4 nitrogen and oxygen atoms in total. The van der Waals surface area contributed by atoms with Gasteiger partial charge in [0.2, 0.25) is 5.91 Å². The van der Waals surface area contributed by atoms with Gasteiger partial charge in [-0.1, -0.05) is 30.3 Å². The monoisotopic (exact) mass is 261 g/mol. The van der Waals surface area contributed by atoms with E-state index in [0.717, 1.165) is 39.0 Å². The zero-order valence-electron chi connectivity index (χ0n) is 11.6. The summed E-state index contributed by atoms with van der Waals surface area (Å²) in [5, 5.41) is 6.45. The predicted molar refractivity (Wildman–Crippen MR) is 76.8 cm³/mol. The Morgan fingerprint density at radius 3 is 2.89 bits per heavy atom. The van der Waals surface area contributed by atoms with Crippen LogP contribution >= 0.6 is 0 Å². The third-order valence-corrected chi connectivity index (χ3v) is 3.52. The van der Waals surface area contributed by atoms with Gasteiger partial charge in [0, 0.05) is 19.6 Å². The number of piperazine rings is 1. The maximum Gasteiger partial charge on any atom is 0.240 e. The van der Waals surface area contributed by atoms with Crippen LogP contribution in [-0.4, -0.2) is 43.5 Å². The standard InChI is InChI=1S/C15H23N3O/c1-16-9-5-8-14-15(19)18(11-10-17-14)12-13-6-3-2-4-7-13/h2-4,6-7,14,16-17H,5,8-12H2,1H3/t14-/m1/s1. The van der Waals surface area contributed by atoms with Gasteiger partial charge in [0.15, 0.2) is 0 Å². The van der Waals surface area contributed by atoms with Crippen LogP contribution in [0.15, 0.2) is 30.3 Å². The van der Waals surface area contributed by atoms with Gasteiger partial charge in [0.05, 0.1) is 6.04 Å². The van der Waals surface area contributed by atoms with E-state index in [2.05, 4.69) is 22.8 Å². The molecule has 1 fully saturated rings. The van der Waals surface area contributed by atoms with Crippen molar-refractivity contribution in [2.24, 2.45) is 0 Å². The fourth-order valence-electron chi connectivity index (χ4n) is 2.46. The molecule has 2 rings (SSSR count). The molecule has 0 bridgehead atoms. The highest BCUT2D eigenvalue weighted by Crippen LogP contribution is 2.11. The van der Waals surface area contributed by atoms with Gasteiger partial charge in [-0.2, -0.15) is 0 Å². The summed E-state index contributed by atoms with van der Waals surface area (Å²) in [5.41, 5.74) is 1.20. The lowest BCUT2D eigenvalue weighted by molar-refractivity contribution is -0.136. The summed E-state index contributed by atoms with van der Waals surface area (Å²) in [6.45, 7) is 3.38. The number of nitrogens with zero attached hydrogens (tertiary/aromatic N) is 1. The van der Waals surface area contributed by atoms with E-state index in [1.54, 1.807) is 0 Å². The number of rotatable bonds is 6. The van der Waals surface area contributed by atoms with Crippen molar-refractivity contribution in [2.75, 3.05) is 26.7 Å². The third kappa shape index (κ3) is 4.04. The number of amides is 1. The van der Waals surface area contributed by atoms with Crippen LogP contribution in [0.5, 0.6) is 0 Å². The average molecular weight is 261 g/mol. The number of hydrogen-bond donors (Lipinski definition) is 2. The van der Waals surface area contributed by atoms with E-state index in [0.29, 0.717) is 0 Å². The van der Waals surface area contributed by atoms with Crippen molar-refractivity contribution in [3.63, 3.8) is 0 Å². The molecule has 1 atom stereocenters. The highest BCUT2D eigenvalue weighted by molar-refractivity contribution is 5.82. The molecule has 4 heteroatoms. The molecule has 2 N–H and O–H groups in total. The van der Waals surface area contributed by atoms with Crippen LogP contribution in [0.25, 0.3) is 0 Å². The summed E-state index contributed by atoms with van der Waals surface area (Å²) in [6, 6.07) is 10.2. The summed E-state index contributed by atoms with van der Waals surface area (Å²) in [6.07, 6.45) is 1.93. The Morgan fingerprint density at radius 1 is 1.37 bits per heavy atom. The first kappa shape index (κ1) is 14.0. The van der Waals surface area contributed by atoms with E-state index in [1.807, 2.05) is 30.1 Å². The van der Waals surface area contributed by atoms with E-state index in [9.17, 15) is 4.79 Å². The highest BCUT2D eigenvalue weighted by Gasteiger charge is 2.27. The Balaban J connectivity index is 1.89. The van der Waals surface area contributed by atoms with E-state index in [4.69, 9.17) is 0 Å². The van der Waals surface area contributed by atoms with Gasteiger partial charge in [-0.15, -0.1) is 0 Å². The summed E-state index contributed by atoms with van der Waals surface area (Å²) >= 11 is 0. The molecule has 0 aromatic heterocycles. The van der Waals surface area contributed by atoms with Crippen molar-refractivity contribution in [1.29, 1.82) is 0 Å². The molecule has 1 amide bonds. The first-order valence-corrected chi connectivity index (χ1v) is 7.02. The number of carbonyl (C=O) groups excluding carboxylic acids is 1. The van der Waals surface area contributed by atoms with Crippen molar-refractivity contribution in [1.82, 2.24) is 15.5 Å². The maximum atomic E-state index is 12.4. The Bertz CT molecular complexity index is 394. The maximum absolute atomic E-state index is 12.4. The largest absolute Gasteiger partial charge is 0.336 e. The van der Waals surface area contributed by atoms with Gasteiger partial charge in [-0.05, 0) is 32.0 Å². The van der Waals surface area contributed by atoms with Gasteiger partial charge in [0.1, 0.15) is 0 Å². The van der Waals surface area contributed by atoms with Gasteiger partial charge in [-0.25, -0.2) is 0 Å². The van der Waals surface area contributed by atoms with E-state index >= 15 is 0 Å². The zero-order valence-corrected chi connectivity index (χ0v) is 11.6. The van der Waals surface area contributed by atoms with Crippen molar-refractivity contribution in [3.05, 3.63) is 35.9 Å². The fourth-order valence-corrected chi connectivity index (χ4v) is 2.46. The molecule has 104 valence electrons. The summed E-state index contributed by atoms with van der Waals surface area (Å²) in [4.78, 5) is 14.3. The second-order valence-corrected chi connectivity index (χ2v) is 5.00. The zero-order chi connectivity index (χ0) is 13.5. The lowest BCUT2D eigenvalue weighted by Gasteiger charge is -2.33. The van der Waals surface area contributed by atoms with Crippen LogP contribution in [0.4, 0.5) is 0 Å². The number of carbonyl (C=O) groups is 1. The molecule has 1 aromatic carbocycles. The molecule has 19 heavy (non-hydrogen) atoms. The van der Waals surface area contributed by atoms with Gasteiger partial charge < -0.3 is 15.5 Å². The molecular weight excluding hydrogens is 238 g/mol. The van der Waals surface area contributed by atoms with Crippen LogP contribution in [0.2, 0.25) is 0 Å². The first-order chi connectivity index (χ1) is 9.31. The Labute approximate surface area is 115 Å². The summed E-state index contributed by atoms with van der Waals surface area (Å²) in [5.74, 6) is 0.242. The molecule has 0 spiro atoms. The predicted octanol–water partition coefficient (Wildman–Crippen LogP) is 0.987. The van der Waals surface area contributed by atoms with E-state index in [-0.39, 0.29) is 11.9 Å². The quantitative estimate of drug-likeness (QED) is 0.751. The van der Waals surface area contributed by atoms with Gasteiger partial charge >= 0.3 is 0 Å². The van der Waals surface area contributed by atoms with E-state index in [1.165, 1.54) is 5.56 Å². The molecule has 1 saturated heterocycles. The van der Waals surface area contributed by atoms with Crippen LogP contribution in [0.1, 0.15) is 18.4 Å². The Morgan fingerprint density at radius 2 is 2.16 bits per heavy atom. The Hall–Kier alpha value is -1.39. The van der Waals surface area contributed by atoms with Crippen LogP contribution < -0.4 is 10.6 Å². The topological polar surface area (TPSA) is 44.4 Å². The van der Waals surface area contributed by atoms with Gasteiger partial charge in [-0.3, -0.25) is 4.79 Å². The molecule has 1 aliphatic rings. The minimum absolute atomic E-state index is 0.00851. The lowest BCUT2D eigenvalue weighted by Crippen LogP contribution is -2.54. The molecule has 1 heterocycles. The minimum Gasteiger partial charge on any atom is -0.336 e. The average Bonchev–Trinajstić information content (AvgIpc) is 2.44. The highest BCUT2D eigenvalue weighted by atomic mass is 16.2. The smallest absolute Gasteiger partial charge is 0.240 e. The van der Waals surface area contributed by atoms with Crippen molar-refractivity contribution < 1.29 is 4.79 Å². The van der Waals surface area contributed by atoms with Gasteiger partial charge in [0.25, 0.3) is 0 Å². The van der Waals surface area contributed by atoms with Crippen LogP contribution in [0, 0.1) is 0 Å². The molecule has 0 radical (unpaired) electrons. The molecule has 1 aliphatic heterocycles. The van der Waals surface area contributed by atoms with Crippen LogP contribution in [-0.2, 0) is 11.3 Å². The number of benzene rings is 1. The fraction of sp³-hybridized carbons (Fsp3) is 0.533. The number of nitrogens with one attached hydrogen (secondary N) is 2. The Kier molecular flexibility index (Phi) is 5.36. The van der Waals surface area contributed by atoms with Crippen molar-refractivity contribution >= 4 is 5.91 Å². The molecule has 1 aromatic rings. The van der Waals surface area contributed by atoms with E-state index < -0.39 is 0 Å². The SMILES string of the molecule is CNCCC[C@H]1NCCN(Cc2ccccc2)C1=O. The summed E-state index contributed by atoms with van der Waals surface area (Å²) < 4.78 is 0. The molecule has 0 unspecified atom stereocenters. The second-order valence-electron chi connectivity index (χ2n) is 5.00. The minimum atomic E-state index is -0.00851. The lowest BCUT2D eigenvalue weighted by atomic mass is 10.1. The molecular formula is C15H23N3O. The molecule has 0 saturated carbocycles. The van der Waals surface area contributed by atoms with Crippen molar-refractivity contribution in [2.45, 2.75) is 25.4 Å². The van der Waals surface area contributed by atoms with Crippen molar-refractivity contribution in [3.8, 4) is 0 Å². The first-order valence-electron chi connectivity index (χ1n) is 7.02. The summed E-state index contributed by atoms with van der Waals surface area (Å²) in [7, 11) is 1.94. The van der Waals surface area contributed by atoms with Crippen LogP contribution in [0.3, 0.4) is 0 Å².